The first-order valence-electron chi connectivity index (χ1n) is 7.06. The molecule has 140 valence electrons. The van der Waals surface area contributed by atoms with Crippen LogP contribution in [0.25, 0.3) is 0 Å². The zero-order chi connectivity index (χ0) is 19.3. The number of benzene rings is 2. The van der Waals surface area contributed by atoms with Gasteiger partial charge in [-0.2, -0.15) is 0 Å². The van der Waals surface area contributed by atoms with Crippen LogP contribution in [0, 0.1) is 0 Å². The standard InChI is InChI=1S/C15H14Cl3N3O4S/c1-25-10-2-4-11(5-3-10)26(23,24)19-8-14(22)20-21-15-12(17)6-9(16)7-13(15)18/h2-7,19,21H,8H2,1H3,(H,20,22). The topological polar surface area (TPSA) is 96.5 Å². The second kappa shape index (κ2) is 8.79. The van der Waals surface area contributed by atoms with E-state index in [1.54, 1.807) is 0 Å². The maximum Gasteiger partial charge on any atom is 0.253 e. The molecule has 26 heavy (non-hydrogen) atoms. The molecule has 0 radical (unpaired) electrons. The first-order valence-corrected chi connectivity index (χ1v) is 9.68. The highest BCUT2D eigenvalue weighted by atomic mass is 35.5. The van der Waals surface area contributed by atoms with Gasteiger partial charge in [0.25, 0.3) is 5.91 Å². The van der Waals surface area contributed by atoms with Crippen molar-refractivity contribution >= 4 is 56.4 Å². The van der Waals surface area contributed by atoms with E-state index in [4.69, 9.17) is 39.5 Å². The summed E-state index contributed by atoms with van der Waals surface area (Å²) in [5.74, 6) is -0.133. The third-order valence-corrected chi connectivity index (χ3v) is 5.36. The van der Waals surface area contributed by atoms with Crippen LogP contribution in [-0.4, -0.2) is 28.0 Å². The maximum absolute atomic E-state index is 12.1. The van der Waals surface area contributed by atoms with Crippen molar-refractivity contribution in [3.8, 4) is 5.75 Å². The Morgan fingerprint density at radius 1 is 1.08 bits per heavy atom. The molecule has 0 heterocycles. The van der Waals surface area contributed by atoms with Crippen LogP contribution >= 0.6 is 34.8 Å². The molecule has 0 spiro atoms. The lowest BCUT2D eigenvalue weighted by Gasteiger charge is -2.12. The summed E-state index contributed by atoms with van der Waals surface area (Å²) in [6.07, 6.45) is 0. The molecule has 7 nitrogen and oxygen atoms in total. The summed E-state index contributed by atoms with van der Waals surface area (Å²) < 4.78 is 31.4. The van der Waals surface area contributed by atoms with Gasteiger partial charge >= 0.3 is 0 Å². The number of amides is 1. The van der Waals surface area contributed by atoms with Crippen molar-refractivity contribution in [2.75, 3.05) is 19.1 Å². The molecule has 2 aromatic rings. The Balaban J connectivity index is 1.94. The zero-order valence-corrected chi connectivity index (χ0v) is 16.4. The van der Waals surface area contributed by atoms with Crippen LogP contribution in [0.4, 0.5) is 5.69 Å². The van der Waals surface area contributed by atoms with Crippen molar-refractivity contribution in [1.82, 2.24) is 10.1 Å². The van der Waals surface area contributed by atoms with Crippen LogP contribution < -0.4 is 20.3 Å². The fourth-order valence-electron chi connectivity index (χ4n) is 1.84. The van der Waals surface area contributed by atoms with E-state index in [2.05, 4.69) is 15.6 Å². The lowest BCUT2D eigenvalue weighted by molar-refractivity contribution is -0.119. The number of hydrazine groups is 1. The number of methoxy groups -OCH3 is 1. The van der Waals surface area contributed by atoms with E-state index in [1.807, 2.05) is 0 Å². The monoisotopic (exact) mass is 437 g/mol. The summed E-state index contributed by atoms with van der Waals surface area (Å²) >= 11 is 17.7. The van der Waals surface area contributed by atoms with Crippen LogP contribution in [0.2, 0.25) is 15.1 Å². The molecule has 11 heteroatoms. The fourth-order valence-corrected chi connectivity index (χ4v) is 3.73. The van der Waals surface area contributed by atoms with Gasteiger partial charge in [0, 0.05) is 5.02 Å². The molecular weight excluding hydrogens is 425 g/mol. The summed E-state index contributed by atoms with van der Waals surface area (Å²) in [5.41, 5.74) is 5.06. The zero-order valence-electron chi connectivity index (χ0n) is 13.3. The average molecular weight is 439 g/mol. The van der Waals surface area contributed by atoms with Crippen molar-refractivity contribution < 1.29 is 17.9 Å². The Hall–Kier alpha value is -1.71. The normalized spacial score (nSPS) is 11.1. The van der Waals surface area contributed by atoms with Gasteiger partial charge in [0.2, 0.25) is 10.0 Å². The lowest BCUT2D eigenvalue weighted by Crippen LogP contribution is -2.39. The summed E-state index contributed by atoms with van der Waals surface area (Å²) in [5, 5.41) is 0.729. The summed E-state index contributed by atoms with van der Waals surface area (Å²) in [7, 11) is -2.38. The van der Waals surface area contributed by atoms with Crippen molar-refractivity contribution in [3.05, 3.63) is 51.5 Å². The molecule has 0 atom stereocenters. The average Bonchev–Trinajstić information content (AvgIpc) is 2.59. The van der Waals surface area contributed by atoms with E-state index in [-0.39, 0.29) is 20.6 Å². The third-order valence-electron chi connectivity index (χ3n) is 3.13. The smallest absolute Gasteiger partial charge is 0.253 e. The van der Waals surface area contributed by atoms with E-state index in [0.717, 1.165) is 0 Å². The van der Waals surface area contributed by atoms with Crippen LogP contribution in [0.3, 0.4) is 0 Å². The molecular formula is C15H14Cl3N3O4S. The first kappa shape index (κ1) is 20.6. The number of hydrogen-bond acceptors (Lipinski definition) is 5. The minimum absolute atomic E-state index is 0.00264. The van der Waals surface area contributed by atoms with E-state index >= 15 is 0 Å². The Morgan fingerprint density at radius 3 is 2.19 bits per heavy atom. The van der Waals surface area contributed by atoms with Crippen molar-refractivity contribution in [1.29, 1.82) is 0 Å². The number of halogens is 3. The minimum Gasteiger partial charge on any atom is -0.497 e. The van der Waals surface area contributed by atoms with Crippen LogP contribution in [0.1, 0.15) is 0 Å². The van der Waals surface area contributed by atoms with Gasteiger partial charge in [-0.3, -0.25) is 15.6 Å². The second-order valence-electron chi connectivity index (χ2n) is 4.92. The molecule has 1 amide bonds. The quantitative estimate of drug-likeness (QED) is 0.577. The predicted molar refractivity (Wildman–Crippen MR) is 101 cm³/mol. The second-order valence-corrected chi connectivity index (χ2v) is 7.94. The molecule has 0 unspecified atom stereocenters. The van der Waals surface area contributed by atoms with E-state index in [0.29, 0.717) is 10.8 Å². The maximum atomic E-state index is 12.1. The molecule has 3 N–H and O–H groups in total. The van der Waals surface area contributed by atoms with Crippen LogP contribution in [-0.2, 0) is 14.8 Å². The number of hydrogen-bond donors (Lipinski definition) is 3. The van der Waals surface area contributed by atoms with Crippen LogP contribution in [0.15, 0.2) is 41.3 Å². The molecule has 0 saturated heterocycles. The molecule has 0 fully saturated rings. The molecule has 0 aromatic heterocycles. The molecule has 2 rings (SSSR count). The molecule has 2 aromatic carbocycles. The summed E-state index contributed by atoms with van der Waals surface area (Å²) in [4.78, 5) is 11.9. The summed E-state index contributed by atoms with van der Waals surface area (Å²) in [6, 6.07) is 8.61. The summed E-state index contributed by atoms with van der Waals surface area (Å²) in [6.45, 7) is -0.496. The van der Waals surface area contributed by atoms with Gasteiger partial charge in [-0.15, -0.1) is 0 Å². The third kappa shape index (κ3) is 5.39. The fraction of sp³-hybridized carbons (Fsp3) is 0.133. The number of carbonyl (C=O) groups is 1. The first-order chi connectivity index (χ1) is 12.2. The molecule has 0 saturated carbocycles. The van der Waals surface area contributed by atoms with Gasteiger partial charge < -0.3 is 4.74 Å². The largest absolute Gasteiger partial charge is 0.497 e. The SMILES string of the molecule is COc1ccc(S(=O)(=O)NCC(=O)NNc2c(Cl)cc(Cl)cc2Cl)cc1. The highest BCUT2D eigenvalue weighted by Gasteiger charge is 2.16. The van der Waals surface area contributed by atoms with Gasteiger partial charge in [0.15, 0.2) is 0 Å². The van der Waals surface area contributed by atoms with Gasteiger partial charge in [-0.25, -0.2) is 13.1 Å². The van der Waals surface area contributed by atoms with Crippen LogP contribution in [0.5, 0.6) is 5.75 Å². The van der Waals surface area contributed by atoms with Gasteiger partial charge in [0.05, 0.1) is 34.3 Å². The Morgan fingerprint density at radius 2 is 1.65 bits per heavy atom. The lowest BCUT2D eigenvalue weighted by atomic mass is 10.3. The van der Waals surface area contributed by atoms with E-state index in [9.17, 15) is 13.2 Å². The number of anilines is 1. The molecule has 0 aliphatic rings. The Bertz CT molecular complexity index is 882. The number of sulfonamides is 1. The predicted octanol–water partition coefficient (Wildman–Crippen LogP) is 3.08. The number of ether oxygens (including phenoxy) is 1. The Kier molecular flexibility index (Phi) is 6.96. The van der Waals surface area contributed by atoms with E-state index < -0.39 is 22.5 Å². The Labute approximate surface area is 165 Å². The molecule has 0 bridgehead atoms. The van der Waals surface area contributed by atoms with Crippen molar-refractivity contribution in [2.45, 2.75) is 4.90 Å². The van der Waals surface area contributed by atoms with Gasteiger partial charge in [-0.05, 0) is 36.4 Å². The number of rotatable bonds is 7. The highest BCUT2D eigenvalue weighted by Crippen LogP contribution is 2.33. The molecule has 0 aliphatic carbocycles. The van der Waals surface area contributed by atoms with Gasteiger partial charge in [-0.1, -0.05) is 34.8 Å². The van der Waals surface area contributed by atoms with Crippen molar-refractivity contribution in [3.63, 3.8) is 0 Å². The van der Waals surface area contributed by atoms with Crippen molar-refractivity contribution in [2.24, 2.45) is 0 Å². The minimum atomic E-state index is -3.85. The number of nitrogens with one attached hydrogen (secondary N) is 3. The molecule has 0 aliphatic heterocycles. The highest BCUT2D eigenvalue weighted by molar-refractivity contribution is 7.89. The van der Waals surface area contributed by atoms with E-state index in [1.165, 1.54) is 43.5 Å². The van der Waals surface area contributed by atoms with Gasteiger partial charge in [0.1, 0.15) is 5.75 Å². The number of carbonyl (C=O) groups excluding carboxylic acids is 1.